The number of quaternary nitrogens is 1. The second-order valence-corrected chi connectivity index (χ2v) is 5.06. The first-order valence-electron chi connectivity index (χ1n) is 7.21. The van der Waals surface area contributed by atoms with Crippen LogP contribution in [0.3, 0.4) is 0 Å². The van der Waals surface area contributed by atoms with E-state index in [-0.39, 0.29) is 0 Å². The molecule has 0 bridgehead atoms. The molecule has 0 atom stereocenters. The summed E-state index contributed by atoms with van der Waals surface area (Å²) < 4.78 is 40.3. The normalized spacial score (nSPS) is 17.2. The Labute approximate surface area is 114 Å². The molecule has 0 aliphatic carbocycles. The highest BCUT2D eigenvalue weighted by molar-refractivity contribution is 6.50. The second-order valence-electron chi connectivity index (χ2n) is 5.06. The van der Waals surface area contributed by atoms with Gasteiger partial charge in [-0.2, -0.15) is 0 Å². The minimum atomic E-state index is -6.00. The molecule has 1 rings (SSSR count). The van der Waals surface area contributed by atoms with Crippen LogP contribution in [-0.2, 0) is 0 Å². The minimum absolute atomic E-state index is 1.29. The van der Waals surface area contributed by atoms with Crippen LogP contribution in [0.2, 0.25) is 0 Å². The molecule has 0 amide bonds. The van der Waals surface area contributed by atoms with Gasteiger partial charge >= 0.3 is 7.25 Å². The zero-order valence-electron chi connectivity index (χ0n) is 12.3. The van der Waals surface area contributed by atoms with Crippen molar-refractivity contribution in [2.45, 2.75) is 33.6 Å². The van der Waals surface area contributed by atoms with Crippen molar-refractivity contribution in [3.8, 4) is 0 Å². The average molecular weight is 286 g/mol. The van der Waals surface area contributed by atoms with E-state index in [1.54, 1.807) is 0 Å². The van der Waals surface area contributed by atoms with Crippen LogP contribution < -0.4 is 0 Å². The monoisotopic (exact) mass is 286 g/mol. The summed E-state index contributed by atoms with van der Waals surface area (Å²) in [6.45, 7) is 16.2. The molecule has 0 aromatic rings. The summed E-state index contributed by atoms with van der Waals surface area (Å²) in [5.74, 6) is 0. The zero-order valence-corrected chi connectivity index (χ0v) is 12.3. The molecule has 0 unspecified atom stereocenters. The van der Waals surface area contributed by atoms with Gasteiger partial charge in [-0.05, 0) is 46.7 Å². The van der Waals surface area contributed by atoms with Crippen LogP contribution in [-0.4, -0.2) is 62.5 Å². The quantitative estimate of drug-likeness (QED) is 0.411. The Morgan fingerprint density at radius 2 is 1.26 bits per heavy atom. The predicted octanol–water partition coefficient (Wildman–Crippen LogP) is 3.26. The number of hydrogen-bond acceptors (Lipinski definition) is 1. The van der Waals surface area contributed by atoms with E-state index in [9.17, 15) is 17.3 Å². The first-order chi connectivity index (χ1) is 8.76. The van der Waals surface area contributed by atoms with Crippen LogP contribution in [0.5, 0.6) is 0 Å². The molecular formula is C12H27BF4N2. The van der Waals surface area contributed by atoms with Crippen molar-refractivity contribution in [3.63, 3.8) is 0 Å². The van der Waals surface area contributed by atoms with E-state index >= 15 is 0 Å². The molecule has 1 aliphatic rings. The van der Waals surface area contributed by atoms with E-state index < -0.39 is 7.25 Å². The van der Waals surface area contributed by atoms with E-state index in [1.165, 1.54) is 63.1 Å². The van der Waals surface area contributed by atoms with Gasteiger partial charge in [-0.15, -0.1) is 0 Å². The maximum atomic E-state index is 9.75. The molecule has 1 heterocycles. The molecule has 7 heteroatoms. The molecule has 2 nitrogen and oxygen atoms in total. The Hall–Kier alpha value is -0.295. The van der Waals surface area contributed by atoms with Crippen molar-refractivity contribution in [1.82, 2.24) is 4.90 Å². The van der Waals surface area contributed by atoms with E-state index in [0.717, 1.165) is 0 Å². The third kappa shape index (κ3) is 9.27. The van der Waals surface area contributed by atoms with Crippen molar-refractivity contribution >= 4 is 7.25 Å². The van der Waals surface area contributed by atoms with Gasteiger partial charge in [0.1, 0.15) is 0 Å². The number of likely N-dealkylation sites (N-methyl/N-ethyl adjacent to an activating group) is 1. The third-order valence-electron chi connectivity index (χ3n) is 4.10. The van der Waals surface area contributed by atoms with Gasteiger partial charge in [0.25, 0.3) is 0 Å². The molecule has 116 valence electrons. The Kier molecular flexibility index (Phi) is 8.66. The van der Waals surface area contributed by atoms with Crippen LogP contribution >= 0.6 is 0 Å². The lowest BCUT2D eigenvalue weighted by Crippen LogP contribution is -2.51. The third-order valence-corrected chi connectivity index (χ3v) is 4.10. The predicted molar refractivity (Wildman–Crippen MR) is 72.6 cm³/mol. The molecule has 1 saturated heterocycles. The second kappa shape index (κ2) is 8.79. The first-order valence-corrected chi connectivity index (χ1v) is 7.21. The van der Waals surface area contributed by atoms with Gasteiger partial charge in [-0.25, -0.2) is 0 Å². The van der Waals surface area contributed by atoms with Crippen LogP contribution in [0, 0.1) is 0 Å². The lowest BCUT2D eigenvalue weighted by molar-refractivity contribution is -0.922. The topological polar surface area (TPSA) is 3.24 Å². The summed E-state index contributed by atoms with van der Waals surface area (Å²) in [6, 6.07) is 0. The smallest absolute Gasteiger partial charge is 0.418 e. The molecule has 19 heavy (non-hydrogen) atoms. The minimum Gasteiger partial charge on any atom is -0.418 e. The summed E-state index contributed by atoms with van der Waals surface area (Å²) in [4.78, 5) is 2.63. The van der Waals surface area contributed by atoms with Crippen LogP contribution in [0.1, 0.15) is 33.6 Å². The lowest BCUT2D eigenvalue weighted by atomic mass is 10.3. The highest BCUT2D eigenvalue weighted by Gasteiger charge is 2.22. The summed E-state index contributed by atoms with van der Waals surface area (Å²) in [6.07, 6.45) is 2.84. The van der Waals surface area contributed by atoms with Crippen molar-refractivity contribution < 1.29 is 21.7 Å². The Bertz CT molecular complexity index is 212. The number of rotatable bonds is 6. The molecular weight excluding hydrogens is 259 g/mol. The van der Waals surface area contributed by atoms with E-state index in [4.69, 9.17) is 0 Å². The number of likely N-dealkylation sites (tertiary alicyclic amines) is 1. The van der Waals surface area contributed by atoms with Crippen molar-refractivity contribution in [2.24, 2.45) is 0 Å². The van der Waals surface area contributed by atoms with Gasteiger partial charge in [0.05, 0.1) is 26.2 Å². The van der Waals surface area contributed by atoms with Gasteiger partial charge in [0, 0.05) is 6.54 Å². The maximum Gasteiger partial charge on any atom is 0.673 e. The standard InChI is InChI=1S/C12H27N2.BF4/c1-4-14(5-2,6-3)12-11-13-9-7-8-10-13;2-1(3,4)5/h4-12H2,1-3H3;/q+1;-1. The van der Waals surface area contributed by atoms with Crippen LogP contribution in [0.15, 0.2) is 0 Å². The van der Waals surface area contributed by atoms with Crippen LogP contribution in [0.4, 0.5) is 17.3 Å². The molecule has 0 N–H and O–H groups in total. The van der Waals surface area contributed by atoms with Gasteiger partial charge in [-0.1, -0.05) is 0 Å². The van der Waals surface area contributed by atoms with E-state index in [1.807, 2.05) is 0 Å². The summed E-state index contributed by atoms with van der Waals surface area (Å²) in [5, 5.41) is 0. The highest BCUT2D eigenvalue weighted by atomic mass is 19.5. The average Bonchev–Trinajstić information content (AvgIpc) is 2.83. The Balaban J connectivity index is 0.000000555. The fraction of sp³-hybridized carbons (Fsp3) is 1.00. The van der Waals surface area contributed by atoms with Crippen molar-refractivity contribution in [2.75, 3.05) is 45.8 Å². The van der Waals surface area contributed by atoms with Gasteiger partial charge < -0.3 is 21.7 Å². The van der Waals surface area contributed by atoms with Crippen LogP contribution in [0.25, 0.3) is 0 Å². The lowest BCUT2D eigenvalue weighted by Gasteiger charge is -2.37. The molecule has 0 aromatic heterocycles. The SMILES string of the molecule is CC[N+](CC)(CC)CCN1CCCC1.F[B-](F)(F)F. The zero-order chi connectivity index (χ0) is 14.9. The fourth-order valence-corrected chi connectivity index (χ4v) is 2.50. The maximum absolute atomic E-state index is 9.75. The van der Waals surface area contributed by atoms with Gasteiger partial charge in [0.15, 0.2) is 0 Å². The van der Waals surface area contributed by atoms with Gasteiger partial charge in [-0.3, -0.25) is 4.90 Å². The van der Waals surface area contributed by atoms with Gasteiger partial charge in [0.2, 0.25) is 0 Å². The van der Waals surface area contributed by atoms with E-state index in [0.29, 0.717) is 0 Å². The highest BCUT2D eigenvalue weighted by Crippen LogP contribution is 2.10. The summed E-state index contributed by atoms with van der Waals surface area (Å²) in [5.41, 5.74) is 0. The largest absolute Gasteiger partial charge is 0.673 e. The van der Waals surface area contributed by atoms with E-state index in [2.05, 4.69) is 25.7 Å². The molecule has 0 aromatic carbocycles. The Morgan fingerprint density at radius 1 is 0.895 bits per heavy atom. The summed E-state index contributed by atoms with van der Waals surface area (Å²) >= 11 is 0. The number of hydrogen-bond donors (Lipinski definition) is 0. The number of halogens is 4. The molecule has 0 radical (unpaired) electrons. The summed E-state index contributed by atoms with van der Waals surface area (Å²) in [7, 11) is -6.00. The van der Waals surface area contributed by atoms with Crippen molar-refractivity contribution in [1.29, 1.82) is 0 Å². The molecule has 1 fully saturated rings. The fourth-order valence-electron chi connectivity index (χ4n) is 2.50. The first kappa shape index (κ1) is 18.7. The Morgan fingerprint density at radius 3 is 1.58 bits per heavy atom. The molecule has 0 spiro atoms. The van der Waals surface area contributed by atoms with Crippen molar-refractivity contribution in [3.05, 3.63) is 0 Å². The number of nitrogens with zero attached hydrogens (tertiary/aromatic N) is 2. The molecule has 0 saturated carbocycles. The molecule has 1 aliphatic heterocycles.